The van der Waals surface area contributed by atoms with Gasteiger partial charge in [-0.05, 0) is 75.9 Å². The summed E-state index contributed by atoms with van der Waals surface area (Å²) in [5, 5.41) is 3.98. The molecule has 1 aliphatic rings. The summed E-state index contributed by atoms with van der Waals surface area (Å²) in [4.78, 5) is 14.9. The van der Waals surface area contributed by atoms with Crippen LogP contribution >= 0.6 is 23.2 Å². The average molecular weight is 419 g/mol. The van der Waals surface area contributed by atoms with Gasteiger partial charge in [0.1, 0.15) is 0 Å². The molecule has 3 nitrogen and oxygen atoms in total. The highest BCUT2D eigenvalue weighted by atomic mass is 35.5. The highest BCUT2D eigenvalue weighted by Crippen LogP contribution is 2.36. The summed E-state index contributed by atoms with van der Waals surface area (Å²) in [6.07, 6.45) is 5.66. The largest absolute Gasteiger partial charge is 0.350 e. The molecule has 0 aromatic heterocycles. The third-order valence-electron chi connectivity index (χ3n) is 6.11. The van der Waals surface area contributed by atoms with E-state index >= 15 is 0 Å². The summed E-state index contributed by atoms with van der Waals surface area (Å²) >= 11 is 12.0. The minimum atomic E-state index is -0.105. The van der Waals surface area contributed by atoms with Gasteiger partial charge in [0.2, 0.25) is 0 Å². The van der Waals surface area contributed by atoms with Crippen LogP contribution in [0.15, 0.2) is 48.5 Å². The van der Waals surface area contributed by atoms with E-state index in [1.165, 1.54) is 18.4 Å². The monoisotopic (exact) mass is 418 g/mol. The van der Waals surface area contributed by atoms with E-state index in [-0.39, 0.29) is 11.4 Å². The fraction of sp³-hybridized carbons (Fsp3) is 0.435. The van der Waals surface area contributed by atoms with Crippen LogP contribution in [0.1, 0.15) is 41.6 Å². The molecule has 28 heavy (non-hydrogen) atoms. The predicted octanol–water partition coefficient (Wildman–Crippen LogP) is 5.46. The van der Waals surface area contributed by atoms with Crippen molar-refractivity contribution in [1.82, 2.24) is 10.2 Å². The van der Waals surface area contributed by atoms with Crippen molar-refractivity contribution in [3.05, 3.63) is 69.7 Å². The van der Waals surface area contributed by atoms with Crippen LogP contribution in [0.3, 0.4) is 0 Å². The van der Waals surface area contributed by atoms with E-state index in [1.807, 2.05) is 0 Å². The smallest absolute Gasteiger partial charge is 0.251 e. The van der Waals surface area contributed by atoms with Gasteiger partial charge in [0, 0.05) is 17.6 Å². The van der Waals surface area contributed by atoms with Gasteiger partial charge in [-0.2, -0.15) is 0 Å². The number of rotatable bonds is 6. The summed E-state index contributed by atoms with van der Waals surface area (Å²) in [7, 11) is 4.23. The third kappa shape index (κ3) is 5.08. The van der Waals surface area contributed by atoms with E-state index < -0.39 is 0 Å². The summed E-state index contributed by atoms with van der Waals surface area (Å²) in [5.41, 5.74) is 1.96. The normalized spacial score (nSPS) is 22.2. The molecule has 0 heterocycles. The lowest BCUT2D eigenvalue weighted by Crippen LogP contribution is -2.54. The van der Waals surface area contributed by atoms with E-state index in [9.17, 15) is 4.79 Å². The fourth-order valence-electron chi connectivity index (χ4n) is 4.13. The van der Waals surface area contributed by atoms with Crippen molar-refractivity contribution in [2.75, 3.05) is 20.6 Å². The molecule has 0 unspecified atom stereocenters. The quantitative estimate of drug-likeness (QED) is 0.675. The molecule has 0 spiro atoms. The van der Waals surface area contributed by atoms with Crippen molar-refractivity contribution < 1.29 is 4.79 Å². The summed E-state index contributed by atoms with van der Waals surface area (Å²) < 4.78 is 0. The number of hydrogen-bond acceptors (Lipinski definition) is 2. The first-order chi connectivity index (χ1) is 13.4. The molecule has 1 saturated carbocycles. The van der Waals surface area contributed by atoms with Gasteiger partial charge in [0.05, 0.1) is 10.0 Å². The Balaban J connectivity index is 1.59. The van der Waals surface area contributed by atoms with Gasteiger partial charge in [-0.1, -0.05) is 53.5 Å². The molecule has 150 valence electrons. The second-order valence-electron chi connectivity index (χ2n) is 8.06. The van der Waals surface area contributed by atoms with Crippen LogP contribution < -0.4 is 5.32 Å². The molecule has 5 heteroatoms. The standard InChI is InChI=1S/C23H28Cl2N2O/c1-27(2)23(16-26-22(28)19-8-9-20(24)21(25)15-19)12-10-18(11-13-23)14-17-6-4-3-5-7-17/h3-9,15,18H,10-14,16H2,1-2H3,(H,26,28). The lowest BCUT2D eigenvalue weighted by Gasteiger charge is -2.45. The van der Waals surface area contributed by atoms with Gasteiger partial charge in [-0.15, -0.1) is 0 Å². The Morgan fingerprint density at radius 3 is 2.36 bits per heavy atom. The predicted molar refractivity (Wildman–Crippen MR) is 117 cm³/mol. The second-order valence-corrected chi connectivity index (χ2v) is 8.88. The summed E-state index contributed by atoms with van der Waals surface area (Å²) in [6, 6.07) is 15.7. The fourth-order valence-corrected chi connectivity index (χ4v) is 4.43. The van der Waals surface area contributed by atoms with E-state index in [2.05, 4.69) is 54.6 Å². The van der Waals surface area contributed by atoms with Gasteiger partial charge >= 0.3 is 0 Å². The second kappa shape index (κ2) is 9.30. The van der Waals surface area contributed by atoms with Crippen molar-refractivity contribution in [3.8, 4) is 0 Å². The van der Waals surface area contributed by atoms with Crippen LogP contribution in [0.5, 0.6) is 0 Å². The first-order valence-electron chi connectivity index (χ1n) is 9.84. The van der Waals surface area contributed by atoms with Crippen molar-refractivity contribution in [1.29, 1.82) is 0 Å². The van der Waals surface area contributed by atoms with Crippen molar-refractivity contribution in [3.63, 3.8) is 0 Å². The highest BCUT2D eigenvalue weighted by Gasteiger charge is 2.37. The van der Waals surface area contributed by atoms with Gasteiger partial charge < -0.3 is 10.2 Å². The molecule has 0 radical (unpaired) electrons. The number of halogens is 2. The number of nitrogens with zero attached hydrogens (tertiary/aromatic N) is 1. The van der Waals surface area contributed by atoms with E-state index in [0.29, 0.717) is 28.1 Å². The lowest BCUT2D eigenvalue weighted by molar-refractivity contribution is 0.0698. The number of carbonyl (C=O) groups is 1. The van der Waals surface area contributed by atoms with E-state index in [0.717, 1.165) is 19.3 Å². The molecule has 1 amide bonds. The summed E-state index contributed by atoms with van der Waals surface area (Å²) in [6.45, 7) is 0.636. The first-order valence-corrected chi connectivity index (χ1v) is 10.6. The molecule has 0 aliphatic heterocycles. The maximum Gasteiger partial charge on any atom is 0.251 e. The summed E-state index contributed by atoms with van der Waals surface area (Å²) in [5.74, 6) is 0.604. The van der Waals surface area contributed by atoms with E-state index in [4.69, 9.17) is 23.2 Å². The van der Waals surface area contributed by atoms with Crippen molar-refractivity contribution in [2.24, 2.45) is 5.92 Å². The molecule has 1 fully saturated rings. The minimum Gasteiger partial charge on any atom is -0.350 e. The number of benzene rings is 2. The van der Waals surface area contributed by atoms with Gasteiger partial charge in [0.25, 0.3) is 5.91 Å². The molecule has 3 rings (SSSR count). The van der Waals surface area contributed by atoms with Gasteiger partial charge in [0.15, 0.2) is 0 Å². The van der Waals surface area contributed by atoms with E-state index in [1.54, 1.807) is 18.2 Å². The number of hydrogen-bond donors (Lipinski definition) is 1. The average Bonchev–Trinajstić information content (AvgIpc) is 2.70. The van der Waals surface area contributed by atoms with Gasteiger partial charge in [-0.3, -0.25) is 4.79 Å². The van der Waals surface area contributed by atoms with Crippen LogP contribution in [-0.4, -0.2) is 37.0 Å². The number of amides is 1. The Bertz CT molecular complexity index is 800. The Kier molecular flexibility index (Phi) is 7.03. The molecule has 0 bridgehead atoms. The third-order valence-corrected chi connectivity index (χ3v) is 6.85. The Labute approximate surface area is 178 Å². The number of nitrogens with one attached hydrogen (secondary N) is 1. The minimum absolute atomic E-state index is 0.000925. The topological polar surface area (TPSA) is 32.3 Å². The van der Waals surface area contributed by atoms with Gasteiger partial charge in [-0.25, -0.2) is 0 Å². The Morgan fingerprint density at radius 1 is 1.07 bits per heavy atom. The zero-order valence-corrected chi connectivity index (χ0v) is 18.1. The van der Waals surface area contributed by atoms with Crippen molar-refractivity contribution in [2.45, 2.75) is 37.6 Å². The molecule has 2 aromatic rings. The van der Waals surface area contributed by atoms with Crippen molar-refractivity contribution >= 4 is 29.1 Å². The molecular formula is C23H28Cl2N2O. The zero-order valence-electron chi connectivity index (χ0n) is 16.6. The molecule has 0 atom stereocenters. The molecule has 0 saturated heterocycles. The van der Waals surface area contributed by atoms with Crippen LogP contribution in [0, 0.1) is 5.92 Å². The SMILES string of the molecule is CN(C)C1(CNC(=O)c2ccc(Cl)c(Cl)c2)CCC(Cc2ccccc2)CC1. The highest BCUT2D eigenvalue weighted by molar-refractivity contribution is 6.42. The van der Waals surface area contributed by atoms with Crippen LogP contribution in [0.2, 0.25) is 10.0 Å². The van der Waals surface area contributed by atoms with Crippen LogP contribution in [0.4, 0.5) is 0 Å². The molecule has 2 aromatic carbocycles. The van der Waals surface area contributed by atoms with Crippen LogP contribution in [0.25, 0.3) is 0 Å². The first kappa shape index (κ1) is 21.2. The molecule has 1 aliphatic carbocycles. The number of carbonyl (C=O) groups excluding carboxylic acids is 1. The maximum atomic E-state index is 12.6. The zero-order chi connectivity index (χ0) is 20.1. The number of likely N-dealkylation sites (N-methyl/N-ethyl adjacent to an activating group) is 1. The Morgan fingerprint density at radius 2 is 1.75 bits per heavy atom. The lowest BCUT2D eigenvalue weighted by atomic mass is 9.74. The Hall–Kier alpha value is -1.55. The van der Waals surface area contributed by atoms with Crippen LogP contribution in [-0.2, 0) is 6.42 Å². The maximum absolute atomic E-state index is 12.6. The molecule has 1 N–H and O–H groups in total. The molecular weight excluding hydrogens is 391 g/mol.